The minimum atomic E-state index is -1.06. The van der Waals surface area contributed by atoms with Gasteiger partial charge < -0.3 is 19.9 Å². The summed E-state index contributed by atoms with van der Waals surface area (Å²) in [7, 11) is 0. The van der Waals surface area contributed by atoms with Gasteiger partial charge in [0.25, 0.3) is 5.91 Å². The van der Waals surface area contributed by atoms with Crippen LogP contribution in [0.2, 0.25) is 0 Å². The van der Waals surface area contributed by atoms with Gasteiger partial charge in [-0.15, -0.1) is 0 Å². The van der Waals surface area contributed by atoms with Crippen molar-refractivity contribution in [1.29, 1.82) is 0 Å². The fourth-order valence-corrected chi connectivity index (χ4v) is 2.11. The highest BCUT2D eigenvalue weighted by Gasteiger charge is 2.23. The minimum Gasteiger partial charge on any atom is -0.484 e. The first kappa shape index (κ1) is 18.3. The van der Waals surface area contributed by atoms with E-state index < -0.39 is 17.9 Å². The Labute approximate surface area is 146 Å². The van der Waals surface area contributed by atoms with Gasteiger partial charge in [-0.2, -0.15) is 0 Å². The van der Waals surface area contributed by atoms with Crippen LogP contribution in [-0.2, 0) is 9.59 Å². The van der Waals surface area contributed by atoms with Crippen LogP contribution in [-0.4, -0.2) is 29.6 Å². The second kappa shape index (κ2) is 8.73. The van der Waals surface area contributed by atoms with Crippen LogP contribution in [0.4, 0.5) is 0 Å². The van der Waals surface area contributed by atoms with Crippen molar-refractivity contribution < 1.29 is 24.2 Å². The summed E-state index contributed by atoms with van der Waals surface area (Å²) in [6.07, 6.45) is 0. The predicted octanol–water partition coefficient (Wildman–Crippen LogP) is 3.08. The van der Waals surface area contributed by atoms with Crippen molar-refractivity contribution in [2.24, 2.45) is 5.92 Å². The Morgan fingerprint density at radius 2 is 1.52 bits per heavy atom. The lowest BCUT2D eigenvalue weighted by atomic mass is 10.1. The van der Waals surface area contributed by atoms with Crippen molar-refractivity contribution in [3.8, 4) is 17.2 Å². The van der Waals surface area contributed by atoms with E-state index in [1.54, 1.807) is 38.1 Å². The van der Waals surface area contributed by atoms with Gasteiger partial charge in [0.05, 0.1) is 0 Å². The Morgan fingerprint density at radius 3 is 2.08 bits per heavy atom. The third-order valence-corrected chi connectivity index (χ3v) is 3.42. The first-order valence-electron chi connectivity index (χ1n) is 7.93. The number of hydrogen-bond acceptors (Lipinski definition) is 4. The molecule has 2 rings (SSSR count). The van der Waals surface area contributed by atoms with Crippen LogP contribution >= 0.6 is 0 Å². The van der Waals surface area contributed by atoms with E-state index in [-0.39, 0.29) is 12.5 Å². The van der Waals surface area contributed by atoms with E-state index in [0.717, 1.165) is 5.75 Å². The number of carbonyl (C=O) groups excluding carboxylic acids is 1. The fourth-order valence-electron chi connectivity index (χ4n) is 2.11. The Morgan fingerprint density at radius 1 is 0.960 bits per heavy atom. The van der Waals surface area contributed by atoms with E-state index >= 15 is 0 Å². The number of benzene rings is 2. The molecule has 0 radical (unpaired) electrons. The smallest absolute Gasteiger partial charge is 0.326 e. The number of carboxylic acids is 1. The molecule has 0 saturated carbocycles. The Hall–Kier alpha value is -3.02. The highest BCUT2D eigenvalue weighted by Crippen LogP contribution is 2.23. The zero-order valence-electron chi connectivity index (χ0n) is 14.1. The predicted molar refractivity (Wildman–Crippen MR) is 92.9 cm³/mol. The van der Waals surface area contributed by atoms with Crippen LogP contribution in [0.15, 0.2) is 54.6 Å². The molecule has 0 saturated heterocycles. The molecule has 2 aromatic rings. The van der Waals surface area contributed by atoms with Gasteiger partial charge in [-0.25, -0.2) is 4.79 Å². The number of rotatable bonds is 8. The maximum absolute atomic E-state index is 11.8. The van der Waals surface area contributed by atoms with E-state index in [1.165, 1.54) is 0 Å². The Bertz CT molecular complexity index is 698. The van der Waals surface area contributed by atoms with Gasteiger partial charge in [0, 0.05) is 0 Å². The molecule has 2 N–H and O–H groups in total. The molecule has 0 aliphatic carbocycles. The topological polar surface area (TPSA) is 84.9 Å². The molecular formula is C19H21NO5. The fraction of sp³-hybridized carbons (Fsp3) is 0.263. The first-order valence-corrected chi connectivity index (χ1v) is 7.93. The highest BCUT2D eigenvalue weighted by molar-refractivity contribution is 5.84. The summed E-state index contributed by atoms with van der Waals surface area (Å²) < 4.78 is 11.0. The van der Waals surface area contributed by atoms with Crippen LogP contribution < -0.4 is 14.8 Å². The third kappa shape index (κ3) is 5.84. The molecule has 0 aliphatic heterocycles. The van der Waals surface area contributed by atoms with E-state index in [1.807, 2.05) is 30.3 Å². The van der Waals surface area contributed by atoms with Crippen LogP contribution in [0.25, 0.3) is 0 Å². The lowest BCUT2D eigenvalue weighted by Crippen LogP contribution is -2.46. The SMILES string of the molecule is CC(C)[C@H](NC(=O)COc1ccc(Oc2ccccc2)cc1)C(=O)O. The molecule has 0 spiro atoms. The van der Waals surface area contributed by atoms with E-state index in [2.05, 4.69) is 5.32 Å². The highest BCUT2D eigenvalue weighted by atomic mass is 16.5. The second-order valence-corrected chi connectivity index (χ2v) is 5.80. The normalized spacial score (nSPS) is 11.6. The van der Waals surface area contributed by atoms with E-state index in [4.69, 9.17) is 14.6 Å². The largest absolute Gasteiger partial charge is 0.484 e. The number of amides is 1. The number of para-hydroxylation sites is 1. The molecule has 6 heteroatoms. The first-order chi connectivity index (χ1) is 12.0. The molecule has 0 aliphatic rings. The van der Waals surface area contributed by atoms with Gasteiger partial charge in [-0.1, -0.05) is 32.0 Å². The average molecular weight is 343 g/mol. The van der Waals surface area contributed by atoms with Gasteiger partial charge in [0.2, 0.25) is 0 Å². The molecule has 0 bridgehead atoms. The van der Waals surface area contributed by atoms with Gasteiger partial charge in [0.15, 0.2) is 6.61 Å². The summed E-state index contributed by atoms with van der Waals surface area (Å²) in [5.74, 6) is 0.108. The van der Waals surface area contributed by atoms with Crippen molar-refractivity contribution >= 4 is 11.9 Å². The Balaban J connectivity index is 1.85. The second-order valence-electron chi connectivity index (χ2n) is 5.80. The van der Waals surface area contributed by atoms with Gasteiger partial charge >= 0.3 is 5.97 Å². The molecule has 1 atom stereocenters. The molecule has 0 unspecified atom stereocenters. The molecular weight excluding hydrogens is 322 g/mol. The molecule has 0 aromatic heterocycles. The standard InChI is InChI=1S/C19H21NO5/c1-13(2)18(19(22)23)20-17(21)12-24-14-8-10-16(11-9-14)25-15-6-4-3-5-7-15/h3-11,13,18H,12H2,1-2H3,(H,20,21)(H,22,23)/t18-/m0/s1. The van der Waals surface area contributed by atoms with Crippen molar-refractivity contribution in [2.75, 3.05) is 6.61 Å². The average Bonchev–Trinajstić information content (AvgIpc) is 2.59. The van der Waals surface area contributed by atoms with Crippen LogP contribution in [0, 0.1) is 5.92 Å². The Kier molecular flexibility index (Phi) is 6.39. The zero-order valence-corrected chi connectivity index (χ0v) is 14.1. The summed E-state index contributed by atoms with van der Waals surface area (Å²) in [5, 5.41) is 11.5. The van der Waals surface area contributed by atoms with Crippen LogP contribution in [0.3, 0.4) is 0 Å². The van der Waals surface area contributed by atoms with Crippen molar-refractivity contribution in [3.05, 3.63) is 54.6 Å². The van der Waals surface area contributed by atoms with E-state index in [9.17, 15) is 9.59 Å². The number of hydrogen-bond donors (Lipinski definition) is 2. The van der Waals surface area contributed by atoms with Crippen molar-refractivity contribution in [2.45, 2.75) is 19.9 Å². The number of carbonyl (C=O) groups is 2. The van der Waals surface area contributed by atoms with Gasteiger partial charge in [-0.05, 0) is 42.3 Å². The molecule has 132 valence electrons. The van der Waals surface area contributed by atoms with Gasteiger partial charge in [-0.3, -0.25) is 4.79 Å². The minimum absolute atomic E-state index is 0.212. The maximum atomic E-state index is 11.8. The lowest BCUT2D eigenvalue weighted by Gasteiger charge is -2.18. The number of ether oxygens (including phenoxy) is 2. The summed E-state index contributed by atoms with van der Waals surface area (Å²) in [5.41, 5.74) is 0. The molecule has 25 heavy (non-hydrogen) atoms. The van der Waals surface area contributed by atoms with Crippen LogP contribution in [0.5, 0.6) is 17.2 Å². The maximum Gasteiger partial charge on any atom is 0.326 e. The third-order valence-electron chi connectivity index (χ3n) is 3.42. The van der Waals surface area contributed by atoms with Crippen molar-refractivity contribution in [3.63, 3.8) is 0 Å². The summed E-state index contributed by atoms with van der Waals surface area (Å²) in [6, 6.07) is 15.3. The number of aliphatic carboxylic acids is 1. The molecule has 2 aromatic carbocycles. The molecule has 1 amide bonds. The number of nitrogens with one attached hydrogen (secondary N) is 1. The number of carboxylic acid groups (broad SMARTS) is 1. The summed E-state index contributed by atoms with van der Waals surface area (Å²) in [4.78, 5) is 22.9. The van der Waals surface area contributed by atoms with Crippen molar-refractivity contribution in [1.82, 2.24) is 5.32 Å². The summed E-state index contributed by atoms with van der Waals surface area (Å²) in [6.45, 7) is 3.20. The van der Waals surface area contributed by atoms with E-state index in [0.29, 0.717) is 11.5 Å². The lowest BCUT2D eigenvalue weighted by molar-refractivity contribution is -0.143. The molecule has 0 fully saturated rings. The van der Waals surface area contributed by atoms with Crippen LogP contribution in [0.1, 0.15) is 13.8 Å². The molecule has 0 heterocycles. The monoisotopic (exact) mass is 343 g/mol. The zero-order chi connectivity index (χ0) is 18.2. The van der Waals surface area contributed by atoms with Gasteiger partial charge in [0.1, 0.15) is 23.3 Å². The quantitative estimate of drug-likeness (QED) is 0.769. The summed E-state index contributed by atoms with van der Waals surface area (Å²) >= 11 is 0. The molecule has 6 nitrogen and oxygen atoms in total.